The van der Waals surface area contributed by atoms with Gasteiger partial charge in [-0.1, -0.05) is 0 Å². The number of epoxide rings is 1. The minimum atomic E-state index is 0.468. The molecule has 2 rings (SSSR count). The van der Waals surface area contributed by atoms with Gasteiger partial charge in [0.2, 0.25) is 0 Å². The second-order valence-corrected chi connectivity index (χ2v) is 2.61. The number of hydrogen-bond donors (Lipinski definition) is 0. The Bertz CT molecular complexity index is 227. The van der Waals surface area contributed by atoms with Crippen molar-refractivity contribution in [1.82, 2.24) is 9.78 Å². The van der Waals surface area contributed by atoms with E-state index in [-0.39, 0.29) is 0 Å². The van der Waals surface area contributed by atoms with Crippen molar-refractivity contribution < 1.29 is 4.74 Å². The Kier molecular flexibility index (Phi) is 1.24. The molecule has 0 saturated carbocycles. The molecule has 1 aromatic heterocycles. The quantitative estimate of drug-likeness (QED) is 0.552. The van der Waals surface area contributed by atoms with Gasteiger partial charge in [-0.2, -0.15) is 5.10 Å². The van der Waals surface area contributed by atoms with Gasteiger partial charge in [0.25, 0.3) is 0 Å². The van der Waals surface area contributed by atoms with Gasteiger partial charge in [-0.25, -0.2) is 0 Å². The van der Waals surface area contributed by atoms with Gasteiger partial charge in [0, 0.05) is 25.4 Å². The second-order valence-electron chi connectivity index (χ2n) is 2.61. The van der Waals surface area contributed by atoms with Crippen LogP contribution in [-0.4, -0.2) is 22.5 Å². The van der Waals surface area contributed by atoms with Gasteiger partial charge < -0.3 is 4.74 Å². The van der Waals surface area contributed by atoms with E-state index >= 15 is 0 Å². The molecule has 0 amide bonds. The SMILES string of the molecule is Cn1nccc1CC1CO1. The average molecular weight is 138 g/mol. The Balaban J connectivity index is 2.08. The summed E-state index contributed by atoms with van der Waals surface area (Å²) >= 11 is 0. The summed E-state index contributed by atoms with van der Waals surface area (Å²) in [5.74, 6) is 0. The zero-order valence-corrected chi connectivity index (χ0v) is 5.95. The number of ether oxygens (including phenoxy) is 1. The molecule has 0 radical (unpaired) electrons. The third-order valence-corrected chi connectivity index (χ3v) is 1.76. The van der Waals surface area contributed by atoms with Crippen LogP contribution >= 0.6 is 0 Å². The molecule has 3 heteroatoms. The zero-order valence-electron chi connectivity index (χ0n) is 5.95. The molecule has 0 N–H and O–H groups in total. The fraction of sp³-hybridized carbons (Fsp3) is 0.571. The van der Waals surface area contributed by atoms with Crippen LogP contribution in [0.25, 0.3) is 0 Å². The van der Waals surface area contributed by atoms with Crippen LogP contribution in [-0.2, 0) is 18.2 Å². The third kappa shape index (κ3) is 1.04. The van der Waals surface area contributed by atoms with E-state index in [1.165, 1.54) is 5.69 Å². The topological polar surface area (TPSA) is 30.4 Å². The molecule has 1 saturated heterocycles. The monoisotopic (exact) mass is 138 g/mol. The molecular formula is C7H10N2O. The van der Waals surface area contributed by atoms with Gasteiger partial charge >= 0.3 is 0 Å². The zero-order chi connectivity index (χ0) is 6.97. The van der Waals surface area contributed by atoms with Gasteiger partial charge in [-0.05, 0) is 6.07 Å². The highest BCUT2D eigenvalue weighted by Crippen LogP contribution is 2.14. The first-order valence-corrected chi connectivity index (χ1v) is 3.45. The van der Waals surface area contributed by atoms with E-state index in [2.05, 4.69) is 5.10 Å². The summed E-state index contributed by atoms with van der Waals surface area (Å²) in [5, 5.41) is 4.06. The Morgan fingerprint density at radius 1 is 1.90 bits per heavy atom. The summed E-state index contributed by atoms with van der Waals surface area (Å²) in [7, 11) is 1.96. The highest BCUT2D eigenvalue weighted by molar-refractivity contribution is 5.03. The number of nitrogens with zero attached hydrogens (tertiary/aromatic N) is 2. The molecule has 1 aliphatic rings. The second kappa shape index (κ2) is 2.09. The summed E-state index contributed by atoms with van der Waals surface area (Å²) in [5.41, 5.74) is 1.25. The van der Waals surface area contributed by atoms with Crippen molar-refractivity contribution in [1.29, 1.82) is 0 Å². The van der Waals surface area contributed by atoms with Crippen LogP contribution in [0, 0.1) is 0 Å². The van der Waals surface area contributed by atoms with Gasteiger partial charge in [-0.15, -0.1) is 0 Å². The molecule has 0 aromatic carbocycles. The molecule has 54 valence electrons. The Morgan fingerprint density at radius 2 is 2.70 bits per heavy atom. The van der Waals surface area contributed by atoms with Gasteiger partial charge in [-0.3, -0.25) is 4.68 Å². The standard InChI is InChI=1S/C7H10N2O/c1-9-6(2-3-8-9)4-7-5-10-7/h2-3,7H,4-5H2,1H3. The minimum absolute atomic E-state index is 0.468. The number of rotatable bonds is 2. The number of hydrogen-bond acceptors (Lipinski definition) is 2. The van der Waals surface area contributed by atoms with E-state index in [1.807, 2.05) is 24.0 Å². The summed E-state index contributed by atoms with van der Waals surface area (Å²) in [6, 6.07) is 2.03. The van der Waals surface area contributed by atoms with Gasteiger partial charge in [0.15, 0.2) is 0 Å². The molecule has 0 bridgehead atoms. The molecule has 2 heterocycles. The van der Waals surface area contributed by atoms with E-state index in [4.69, 9.17) is 4.74 Å². The summed E-state index contributed by atoms with van der Waals surface area (Å²) in [6.07, 6.45) is 3.30. The third-order valence-electron chi connectivity index (χ3n) is 1.76. The van der Waals surface area contributed by atoms with Crippen molar-refractivity contribution in [2.24, 2.45) is 7.05 Å². The fourth-order valence-electron chi connectivity index (χ4n) is 1.02. The molecular weight excluding hydrogens is 128 g/mol. The lowest BCUT2D eigenvalue weighted by Crippen LogP contribution is -2.01. The molecule has 10 heavy (non-hydrogen) atoms. The van der Waals surface area contributed by atoms with E-state index in [0.29, 0.717) is 6.10 Å². The molecule has 1 aromatic rings. The van der Waals surface area contributed by atoms with Crippen molar-refractivity contribution in [2.75, 3.05) is 6.61 Å². The highest BCUT2D eigenvalue weighted by atomic mass is 16.6. The maximum absolute atomic E-state index is 5.10. The van der Waals surface area contributed by atoms with Crippen molar-refractivity contribution in [3.05, 3.63) is 18.0 Å². The predicted molar refractivity (Wildman–Crippen MR) is 36.7 cm³/mol. The maximum atomic E-state index is 5.10. The first-order valence-electron chi connectivity index (χ1n) is 3.45. The smallest absolute Gasteiger partial charge is 0.0865 e. The van der Waals surface area contributed by atoms with Crippen molar-refractivity contribution in [3.63, 3.8) is 0 Å². The van der Waals surface area contributed by atoms with Crippen LogP contribution in [0.1, 0.15) is 5.69 Å². The molecule has 1 aliphatic heterocycles. The summed E-state index contributed by atoms with van der Waals surface area (Å²) in [6.45, 7) is 0.922. The summed E-state index contributed by atoms with van der Waals surface area (Å²) in [4.78, 5) is 0. The van der Waals surface area contributed by atoms with E-state index in [9.17, 15) is 0 Å². The van der Waals surface area contributed by atoms with Crippen LogP contribution in [0.4, 0.5) is 0 Å². The summed E-state index contributed by atoms with van der Waals surface area (Å²) < 4.78 is 6.99. The van der Waals surface area contributed by atoms with Crippen LogP contribution in [0.15, 0.2) is 12.3 Å². The normalized spacial score (nSPS) is 23.1. The van der Waals surface area contributed by atoms with Crippen molar-refractivity contribution >= 4 is 0 Å². The first kappa shape index (κ1) is 5.92. The first-order chi connectivity index (χ1) is 4.86. The van der Waals surface area contributed by atoms with Crippen molar-refractivity contribution in [3.8, 4) is 0 Å². The van der Waals surface area contributed by atoms with E-state index < -0.39 is 0 Å². The van der Waals surface area contributed by atoms with Crippen LogP contribution in [0.5, 0.6) is 0 Å². The molecule has 3 nitrogen and oxygen atoms in total. The fourth-order valence-corrected chi connectivity index (χ4v) is 1.02. The molecule has 0 aliphatic carbocycles. The molecule has 0 spiro atoms. The Labute approximate surface area is 59.6 Å². The maximum Gasteiger partial charge on any atom is 0.0865 e. The average Bonchev–Trinajstić information content (AvgIpc) is 2.62. The lowest BCUT2D eigenvalue weighted by Gasteiger charge is -1.96. The minimum Gasteiger partial charge on any atom is -0.373 e. The van der Waals surface area contributed by atoms with Crippen LogP contribution in [0.2, 0.25) is 0 Å². The predicted octanol–water partition coefficient (Wildman–Crippen LogP) is 0.361. The Morgan fingerprint density at radius 3 is 3.20 bits per heavy atom. The lowest BCUT2D eigenvalue weighted by molar-refractivity contribution is 0.403. The van der Waals surface area contributed by atoms with Gasteiger partial charge in [0.1, 0.15) is 0 Å². The van der Waals surface area contributed by atoms with E-state index in [1.54, 1.807) is 0 Å². The molecule has 1 fully saturated rings. The van der Waals surface area contributed by atoms with Gasteiger partial charge in [0.05, 0.1) is 12.7 Å². The molecule has 1 atom stereocenters. The van der Waals surface area contributed by atoms with Crippen LogP contribution in [0.3, 0.4) is 0 Å². The Hall–Kier alpha value is -0.830. The van der Waals surface area contributed by atoms with E-state index in [0.717, 1.165) is 13.0 Å². The van der Waals surface area contributed by atoms with Crippen LogP contribution < -0.4 is 0 Å². The number of aromatic nitrogens is 2. The highest BCUT2D eigenvalue weighted by Gasteiger charge is 2.23. The van der Waals surface area contributed by atoms with Crippen molar-refractivity contribution in [2.45, 2.75) is 12.5 Å². The number of aryl methyl sites for hydroxylation is 1. The lowest BCUT2D eigenvalue weighted by atomic mass is 10.2. The largest absolute Gasteiger partial charge is 0.373 e. The molecule has 1 unspecified atom stereocenters.